The number of nitrogens with zero attached hydrogens (tertiary/aromatic N) is 4. The van der Waals surface area contributed by atoms with Crippen LogP contribution in [0.5, 0.6) is 0 Å². The predicted molar refractivity (Wildman–Crippen MR) is 199 cm³/mol. The number of fused-ring (bicyclic) bond motifs is 2. The molecule has 0 bridgehead atoms. The second-order valence-corrected chi connectivity index (χ2v) is 12.0. The molecule has 0 radical (unpaired) electrons. The van der Waals surface area contributed by atoms with Crippen molar-refractivity contribution in [1.82, 2.24) is 19.9 Å². The van der Waals surface area contributed by atoms with E-state index < -0.39 is 0 Å². The van der Waals surface area contributed by atoms with Gasteiger partial charge in [-0.05, 0) is 99.8 Å². The highest BCUT2D eigenvalue weighted by atomic mass is 15.0. The molecule has 0 spiro atoms. The number of benzene rings is 6. The Kier molecular flexibility index (Phi) is 7.60. The molecule has 0 fully saturated rings. The first kappa shape index (κ1) is 29.2. The number of rotatable bonds is 6. The highest BCUT2D eigenvalue weighted by molar-refractivity contribution is 5.95. The quantitative estimate of drug-likeness (QED) is 0.186. The summed E-state index contributed by atoms with van der Waals surface area (Å²) in [6.45, 7) is 4.23. The molecule has 0 N–H and O–H groups in total. The Labute approximate surface area is 280 Å². The van der Waals surface area contributed by atoms with Crippen LogP contribution >= 0.6 is 0 Å². The van der Waals surface area contributed by atoms with Crippen LogP contribution in [0.15, 0.2) is 152 Å². The zero-order chi connectivity index (χ0) is 32.5. The van der Waals surface area contributed by atoms with Crippen molar-refractivity contribution in [3.8, 4) is 56.4 Å². The molecular weight excluding hydrogens is 585 g/mol. The maximum atomic E-state index is 5.07. The monoisotopic (exact) mass is 616 g/mol. The van der Waals surface area contributed by atoms with E-state index in [4.69, 9.17) is 15.0 Å². The zero-order valence-electron chi connectivity index (χ0n) is 26.8. The lowest BCUT2D eigenvalue weighted by Crippen LogP contribution is -2.00. The minimum atomic E-state index is 0.627. The molecule has 0 saturated heterocycles. The summed E-state index contributed by atoms with van der Waals surface area (Å²) < 4.78 is 0. The first-order valence-electron chi connectivity index (χ1n) is 16.2. The summed E-state index contributed by atoms with van der Waals surface area (Å²) in [5, 5.41) is 4.70. The molecule has 0 unspecified atom stereocenters. The van der Waals surface area contributed by atoms with Gasteiger partial charge in [0.2, 0.25) is 0 Å². The van der Waals surface area contributed by atoms with Gasteiger partial charge in [-0.3, -0.25) is 4.98 Å². The molecule has 0 aliphatic carbocycles. The first-order valence-corrected chi connectivity index (χ1v) is 16.2. The van der Waals surface area contributed by atoms with Crippen LogP contribution in [0.4, 0.5) is 0 Å². The summed E-state index contributed by atoms with van der Waals surface area (Å²) in [5.41, 5.74) is 9.76. The van der Waals surface area contributed by atoms with Gasteiger partial charge < -0.3 is 0 Å². The van der Waals surface area contributed by atoms with Gasteiger partial charge in [-0.1, -0.05) is 109 Å². The molecule has 2 aromatic heterocycles. The standard InChI is InChI=1S/C44H32N4/c1-3-10-40-29(2)15-16-35-24-33(19-20-41(35)40)38-25-37(32-17-18-36-28-45-22-21-34(36)23-32)26-39(27-38)44-47-42(30-11-6-4-7-12-30)46-43(48-44)31-13-8-5-9-14-31/h3-28H,1-2H3/b10-3-. The van der Waals surface area contributed by atoms with Gasteiger partial charge in [-0.15, -0.1) is 0 Å². The molecule has 0 saturated carbocycles. The third-order valence-electron chi connectivity index (χ3n) is 8.81. The average molecular weight is 617 g/mol. The van der Waals surface area contributed by atoms with E-state index in [1.54, 1.807) is 0 Å². The highest BCUT2D eigenvalue weighted by Gasteiger charge is 2.15. The van der Waals surface area contributed by atoms with E-state index in [9.17, 15) is 0 Å². The van der Waals surface area contributed by atoms with Gasteiger partial charge in [-0.2, -0.15) is 0 Å². The fraction of sp³-hybridized carbons (Fsp3) is 0.0455. The fourth-order valence-corrected chi connectivity index (χ4v) is 6.32. The number of aryl methyl sites for hydroxylation is 1. The second kappa shape index (κ2) is 12.5. The second-order valence-electron chi connectivity index (χ2n) is 12.0. The van der Waals surface area contributed by atoms with Crippen LogP contribution in [0.1, 0.15) is 18.1 Å². The van der Waals surface area contributed by atoms with Crippen LogP contribution in [-0.4, -0.2) is 19.9 Å². The molecule has 0 aliphatic rings. The topological polar surface area (TPSA) is 51.6 Å². The van der Waals surface area contributed by atoms with Crippen LogP contribution in [0.3, 0.4) is 0 Å². The van der Waals surface area contributed by atoms with E-state index in [0.29, 0.717) is 17.5 Å². The van der Waals surface area contributed by atoms with E-state index in [2.05, 4.69) is 104 Å². The fourth-order valence-electron chi connectivity index (χ4n) is 6.32. The summed E-state index contributed by atoms with van der Waals surface area (Å²) in [6, 6.07) is 46.6. The van der Waals surface area contributed by atoms with Crippen molar-refractivity contribution in [2.75, 3.05) is 0 Å². The smallest absolute Gasteiger partial charge is 0.164 e. The average Bonchev–Trinajstić information content (AvgIpc) is 3.16. The van der Waals surface area contributed by atoms with Crippen LogP contribution < -0.4 is 0 Å². The Morgan fingerprint density at radius 2 is 1.02 bits per heavy atom. The van der Waals surface area contributed by atoms with Gasteiger partial charge >= 0.3 is 0 Å². The van der Waals surface area contributed by atoms with Gasteiger partial charge in [0.05, 0.1) is 0 Å². The van der Waals surface area contributed by atoms with Gasteiger partial charge in [0.15, 0.2) is 17.5 Å². The molecule has 2 heterocycles. The van der Waals surface area contributed by atoms with Crippen LogP contribution in [-0.2, 0) is 0 Å². The lowest BCUT2D eigenvalue weighted by Gasteiger charge is -2.14. The normalized spacial score (nSPS) is 11.5. The number of hydrogen-bond acceptors (Lipinski definition) is 4. The first-order chi connectivity index (χ1) is 23.6. The van der Waals surface area contributed by atoms with Crippen molar-refractivity contribution in [3.63, 3.8) is 0 Å². The summed E-state index contributed by atoms with van der Waals surface area (Å²) in [7, 11) is 0. The molecule has 4 heteroatoms. The Balaban J connectivity index is 1.36. The largest absolute Gasteiger partial charge is 0.264 e. The van der Waals surface area contributed by atoms with Gasteiger partial charge in [0, 0.05) is 34.5 Å². The summed E-state index contributed by atoms with van der Waals surface area (Å²) in [5.74, 6) is 1.91. The van der Waals surface area contributed by atoms with Crippen molar-refractivity contribution in [3.05, 3.63) is 163 Å². The van der Waals surface area contributed by atoms with Gasteiger partial charge in [0.25, 0.3) is 0 Å². The zero-order valence-corrected chi connectivity index (χ0v) is 26.8. The predicted octanol–water partition coefficient (Wildman–Crippen LogP) is 11.2. The van der Waals surface area contributed by atoms with Crippen LogP contribution in [0.25, 0.3) is 84.0 Å². The number of aromatic nitrogens is 4. The molecule has 0 amide bonds. The maximum Gasteiger partial charge on any atom is 0.164 e. The number of allylic oxidation sites excluding steroid dienone is 1. The summed E-state index contributed by atoms with van der Waals surface area (Å²) >= 11 is 0. The van der Waals surface area contributed by atoms with Crippen molar-refractivity contribution in [1.29, 1.82) is 0 Å². The highest BCUT2D eigenvalue weighted by Crippen LogP contribution is 2.36. The Morgan fingerprint density at radius 3 is 1.67 bits per heavy atom. The minimum absolute atomic E-state index is 0.627. The molecular formula is C44H32N4. The molecule has 48 heavy (non-hydrogen) atoms. The molecule has 8 aromatic rings. The molecule has 0 aliphatic heterocycles. The summed E-state index contributed by atoms with van der Waals surface area (Å²) in [4.78, 5) is 19.4. The van der Waals surface area contributed by atoms with E-state index in [-0.39, 0.29) is 0 Å². The molecule has 228 valence electrons. The SMILES string of the molecule is C/C=C\c1c(C)ccc2cc(-c3cc(-c4ccc5cnccc5c4)cc(-c4nc(-c5ccccc5)nc(-c5ccccc5)n4)c3)ccc12. The van der Waals surface area contributed by atoms with E-state index in [1.165, 1.54) is 21.9 Å². The molecule has 6 aromatic carbocycles. The van der Waals surface area contributed by atoms with Crippen LogP contribution in [0.2, 0.25) is 0 Å². The van der Waals surface area contributed by atoms with Crippen molar-refractivity contribution >= 4 is 27.6 Å². The minimum Gasteiger partial charge on any atom is -0.264 e. The Bertz CT molecular complexity index is 2410. The number of pyridine rings is 1. The summed E-state index contributed by atoms with van der Waals surface area (Å²) in [6.07, 6.45) is 8.04. The third kappa shape index (κ3) is 5.65. The van der Waals surface area contributed by atoms with Crippen LogP contribution in [0, 0.1) is 6.92 Å². The molecule has 4 nitrogen and oxygen atoms in total. The van der Waals surface area contributed by atoms with Crippen molar-refractivity contribution in [2.24, 2.45) is 0 Å². The van der Waals surface area contributed by atoms with Gasteiger partial charge in [-0.25, -0.2) is 15.0 Å². The van der Waals surface area contributed by atoms with E-state index in [0.717, 1.165) is 49.7 Å². The van der Waals surface area contributed by atoms with Gasteiger partial charge in [0.1, 0.15) is 0 Å². The lowest BCUT2D eigenvalue weighted by molar-refractivity contribution is 1.07. The van der Waals surface area contributed by atoms with E-state index >= 15 is 0 Å². The van der Waals surface area contributed by atoms with Crippen molar-refractivity contribution in [2.45, 2.75) is 13.8 Å². The Morgan fingerprint density at radius 1 is 0.458 bits per heavy atom. The third-order valence-corrected chi connectivity index (χ3v) is 8.81. The molecule has 0 atom stereocenters. The van der Waals surface area contributed by atoms with Crippen molar-refractivity contribution < 1.29 is 0 Å². The molecule has 8 rings (SSSR count). The maximum absolute atomic E-state index is 5.07. The number of hydrogen-bond donors (Lipinski definition) is 0. The Hall–Kier alpha value is -6.26. The van der Waals surface area contributed by atoms with E-state index in [1.807, 2.05) is 73.1 Å². The lowest BCUT2D eigenvalue weighted by atomic mass is 9.92.